The van der Waals surface area contributed by atoms with Crippen molar-refractivity contribution in [3.8, 4) is 0 Å². The first-order chi connectivity index (χ1) is 10.4. The molecule has 2 aromatic rings. The second kappa shape index (κ2) is 7.06. The molecule has 0 aliphatic rings. The van der Waals surface area contributed by atoms with Crippen LogP contribution in [0.1, 0.15) is 23.8 Å². The predicted octanol–water partition coefficient (Wildman–Crippen LogP) is 1.35. The van der Waals surface area contributed by atoms with Gasteiger partial charge in [-0.25, -0.2) is 13.1 Å². The zero-order chi connectivity index (χ0) is 16.2. The molecule has 2 rings (SSSR count). The predicted molar refractivity (Wildman–Crippen MR) is 80.7 cm³/mol. The molecule has 0 spiro atoms. The maximum atomic E-state index is 12.4. The molecule has 22 heavy (non-hydrogen) atoms. The molecular weight excluding hydrogens is 306 g/mol. The van der Waals surface area contributed by atoms with Gasteiger partial charge in [0, 0.05) is 0 Å². The number of hydrogen-bond donors (Lipinski definition) is 3. The monoisotopic (exact) mass is 325 g/mol. The van der Waals surface area contributed by atoms with Gasteiger partial charge < -0.3 is 14.6 Å². The highest BCUT2D eigenvalue weighted by Crippen LogP contribution is 2.22. The van der Waals surface area contributed by atoms with Crippen LogP contribution in [-0.2, 0) is 10.0 Å². The Morgan fingerprint density at radius 1 is 1.23 bits per heavy atom. The lowest BCUT2D eigenvalue weighted by atomic mass is 10.1. The zero-order valence-corrected chi connectivity index (χ0v) is 13.0. The standard InChI is InChI=1S/C15H19NO5S/c1-11-4-6-13(7-5-11)22(19,20)16-14(9-12(18)10-17)15-3-2-8-21-15/h2-8,12,14,16-18H,9-10H2,1H3/t12-,14-/m0/s1. The Morgan fingerprint density at radius 2 is 1.91 bits per heavy atom. The number of rotatable bonds is 7. The fourth-order valence-electron chi connectivity index (χ4n) is 2.03. The van der Waals surface area contributed by atoms with E-state index in [1.807, 2.05) is 6.92 Å². The average Bonchev–Trinajstić information content (AvgIpc) is 3.01. The summed E-state index contributed by atoms with van der Waals surface area (Å²) in [6.45, 7) is 1.41. The van der Waals surface area contributed by atoms with Crippen molar-refractivity contribution in [3.63, 3.8) is 0 Å². The van der Waals surface area contributed by atoms with Crippen LogP contribution in [0.5, 0.6) is 0 Å². The zero-order valence-electron chi connectivity index (χ0n) is 12.1. The summed E-state index contributed by atoms with van der Waals surface area (Å²) in [6.07, 6.45) is 0.388. The molecule has 1 aromatic carbocycles. The van der Waals surface area contributed by atoms with Crippen LogP contribution in [0.15, 0.2) is 52.0 Å². The Balaban J connectivity index is 2.23. The van der Waals surface area contributed by atoms with E-state index in [9.17, 15) is 13.5 Å². The van der Waals surface area contributed by atoms with Crippen LogP contribution in [0.2, 0.25) is 0 Å². The van der Waals surface area contributed by atoms with Gasteiger partial charge in [0.2, 0.25) is 10.0 Å². The number of furan rings is 1. The first kappa shape index (κ1) is 16.7. The Morgan fingerprint density at radius 3 is 2.45 bits per heavy atom. The second-order valence-electron chi connectivity index (χ2n) is 5.07. The Hall–Kier alpha value is -1.67. The van der Waals surface area contributed by atoms with Crippen molar-refractivity contribution in [2.24, 2.45) is 0 Å². The molecule has 0 saturated carbocycles. The van der Waals surface area contributed by atoms with Crippen LogP contribution in [0.25, 0.3) is 0 Å². The molecule has 0 aliphatic carbocycles. The molecule has 0 aliphatic heterocycles. The maximum absolute atomic E-state index is 12.4. The first-order valence-corrected chi connectivity index (χ1v) is 8.32. The van der Waals surface area contributed by atoms with Crippen molar-refractivity contribution in [1.29, 1.82) is 0 Å². The number of sulfonamides is 1. The van der Waals surface area contributed by atoms with Crippen molar-refractivity contribution >= 4 is 10.0 Å². The molecule has 7 heteroatoms. The van der Waals surface area contributed by atoms with Gasteiger partial charge in [0.05, 0.1) is 29.9 Å². The molecule has 0 unspecified atom stereocenters. The van der Waals surface area contributed by atoms with Gasteiger partial charge in [-0.3, -0.25) is 0 Å². The molecule has 120 valence electrons. The summed E-state index contributed by atoms with van der Waals surface area (Å²) in [6, 6.07) is 8.93. The van der Waals surface area contributed by atoms with Gasteiger partial charge in [0.25, 0.3) is 0 Å². The number of hydrogen-bond acceptors (Lipinski definition) is 5. The lowest BCUT2D eigenvalue weighted by Gasteiger charge is -2.19. The summed E-state index contributed by atoms with van der Waals surface area (Å²) in [4.78, 5) is 0.133. The van der Waals surface area contributed by atoms with E-state index in [2.05, 4.69) is 4.72 Å². The third-order valence-corrected chi connectivity index (χ3v) is 4.72. The quantitative estimate of drug-likeness (QED) is 0.713. The largest absolute Gasteiger partial charge is 0.468 e. The highest BCUT2D eigenvalue weighted by Gasteiger charge is 2.25. The van der Waals surface area contributed by atoms with E-state index in [-0.39, 0.29) is 11.3 Å². The maximum Gasteiger partial charge on any atom is 0.241 e. The topological polar surface area (TPSA) is 99.8 Å². The van der Waals surface area contributed by atoms with Crippen molar-refractivity contribution < 1.29 is 23.0 Å². The minimum Gasteiger partial charge on any atom is -0.468 e. The van der Waals surface area contributed by atoms with Crippen LogP contribution in [0, 0.1) is 6.92 Å². The van der Waals surface area contributed by atoms with Crippen LogP contribution in [0.4, 0.5) is 0 Å². The Kier molecular flexibility index (Phi) is 5.36. The molecule has 2 atom stereocenters. The van der Waals surface area contributed by atoms with E-state index in [0.717, 1.165) is 5.56 Å². The lowest BCUT2D eigenvalue weighted by Crippen LogP contribution is -2.31. The van der Waals surface area contributed by atoms with Gasteiger partial charge in [-0.1, -0.05) is 17.7 Å². The minimum absolute atomic E-state index is 0.00903. The molecule has 0 amide bonds. The minimum atomic E-state index is -3.76. The number of aliphatic hydroxyl groups is 2. The molecule has 1 aromatic heterocycles. The second-order valence-corrected chi connectivity index (χ2v) is 6.79. The van der Waals surface area contributed by atoms with Gasteiger partial charge in [-0.2, -0.15) is 0 Å². The van der Waals surface area contributed by atoms with E-state index in [0.29, 0.717) is 5.76 Å². The molecular formula is C15H19NO5S. The molecule has 3 N–H and O–H groups in total. The van der Waals surface area contributed by atoms with Crippen LogP contribution in [-0.4, -0.2) is 31.3 Å². The third-order valence-electron chi connectivity index (χ3n) is 3.23. The summed E-state index contributed by atoms with van der Waals surface area (Å²) in [5, 5.41) is 18.6. The number of aryl methyl sites for hydroxylation is 1. The Labute approximate surface area is 129 Å². The van der Waals surface area contributed by atoms with Gasteiger partial charge in [0.15, 0.2) is 0 Å². The lowest BCUT2D eigenvalue weighted by molar-refractivity contribution is 0.0791. The van der Waals surface area contributed by atoms with Crippen molar-refractivity contribution in [1.82, 2.24) is 4.72 Å². The average molecular weight is 325 g/mol. The normalized spacial score (nSPS) is 14.7. The van der Waals surface area contributed by atoms with Crippen LogP contribution < -0.4 is 4.72 Å². The van der Waals surface area contributed by atoms with Gasteiger partial charge in [-0.15, -0.1) is 0 Å². The molecule has 0 fully saturated rings. The number of benzene rings is 1. The Bertz CT molecular complexity index is 679. The van der Waals surface area contributed by atoms with Crippen molar-refractivity contribution in [2.45, 2.75) is 30.4 Å². The molecule has 0 radical (unpaired) electrons. The summed E-state index contributed by atoms with van der Waals surface area (Å²) in [5.41, 5.74) is 0.956. The van der Waals surface area contributed by atoms with Gasteiger partial charge in [0.1, 0.15) is 5.76 Å². The van der Waals surface area contributed by atoms with Gasteiger partial charge in [-0.05, 0) is 37.6 Å². The van der Waals surface area contributed by atoms with Crippen LogP contribution in [0.3, 0.4) is 0 Å². The van der Waals surface area contributed by atoms with E-state index in [1.54, 1.807) is 24.3 Å². The summed E-state index contributed by atoms with van der Waals surface area (Å²) in [5.74, 6) is 0.378. The molecule has 0 bridgehead atoms. The number of aliphatic hydroxyl groups excluding tert-OH is 2. The van der Waals surface area contributed by atoms with E-state index >= 15 is 0 Å². The van der Waals surface area contributed by atoms with E-state index in [4.69, 9.17) is 9.52 Å². The smallest absolute Gasteiger partial charge is 0.241 e. The summed E-state index contributed by atoms with van der Waals surface area (Å²) in [7, 11) is -3.76. The fourth-order valence-corrected chi connectivity index (χ4v) is 3.25. The summed E-state index contributed by atoms with van der Waals surface area (Å²) < 4.78 is 32.6. The van der Waals surface area contributed by atoms with Gasteiger partial charge >= 0.3 is 0 Å². The van der Waals surface area contributed by atoms with E-state index < -0.39 is 28.8 Å². The van der Waals surface area contributed by atoms with Crippen LogP contribution >= 0.6 is 0 Å². The fraction of sp³-hybridized carbons (Fsp3) is 0.333. The number of nitrogens with one attached hydrogen (secondary N) is 1. The molecule has 6 nitrogen and oxygen atoms in total. The van der Waals surface area contributed by atoms with Crippen molar-refractivity contribution in [2.75, 3.05) is 6.61 Å². The third kappa shape index (κ3) is 4.17. The first-order valence-electron chi connectivity index (χ1n) is 6.83. The summed E-state index contributed by atoms with van der Waals surface area (Å²) >= 11 is 0. The molecule has 1 heterocycles. The SMILES string of the molecule is Cc1ccc(S(=O)(=O)N[C@@H](C[C@H](O)CO)c2ccco2)cc1. The van der Waals surface area contributed by atoms with E-state index in [1.165, 1.54) is 18.4 Å². The highest BCUT2D eigenvalue weighted by atomic mass is 32.2. The molecule has 0 saturated heterocycles. The highest BCUT2D eigenvalue weighted by molar-refractivity contribution is 7.89. The van der Waals surface area contributed by atoms with Crippen molar-refractivity contribution in [3.05, 3.63) is 54.0 Å².